The van der Waals surface area contributed by atoms with E-state index in [9.17, 15) is 9.59 Å². The van der Waals surface area contributed by atoms with E-state index >= 15 is 0 Å². The van der Waals surface area contributed by atoms with Gasteiger partial charge < -0.3 is 19.2 Å². The second-order valence-corrected chi connectivity index (χ2v) is 6.41. The second-order valence-electron chi connectivity index (χ2n) is 5.97. The Morgan fingerprint density at radius 2 is 2.03 bits per heavy atom. The molecule has 0 unspecified atom stereocenters. The zero-order valence-corrected chi connectivity index (χ0v) is 16.3. The van der Waals surface area contributed by atoms with E-state index in [-0.39, 0.29) is 23.6 Å². The van der Waals surface area contributed by atoms with E-state index in [2.05, 4.69) is 5.32 Å². The third-order valence-electron chi connectivity index (χ3n) is 4.04. The summed E-state index contributed by atoms with van der Waals surface area (Å²) < 4.78 is 16.1. The van der Waals surface area contributed by atoms with Crippen LogP contribution in [0.2, 0.25) is 5.02 Å². The summed E-state index contributed by atoms with van der Waals surface area (Å²) in [7, 11) is 0. The lowest BCUT2D eigenvalue weighted by molar-refractivity contribution is -0.119. The van der Waals surface area contributed by atoms with Crippen LogP contribution >= 0.6 is 11.6 Å². The molecular weight excluding hydrogens is 396 g/mol. The highest BCUT2D eigenvalue weighted by atomic mass is 35.5. The minimum absolute atomic E-state index is 0.00656. The van der Waals surface area contributed by atoms with E-state index in [0.717, 1.165) is 5.39 Å². The first-order chi connectivity index (χ1) is 14.0. The molecule has 7 nitrogen and oxygen atoms in total. The Kier molecular flexibility index (Phi) is 6.50. The number of furan rings is 1. The average Bonchev–Trinajstić information content (AvgIpc) is 3.09. The fourth-order valence-electron chi connectivity index (χ4n) is 2.71. The van der Waals surface area contributed by atoms with Gasteiger partial charge in [-0.05, 0) is 31.2 Å². The summed E-state index contributed by atoms with van der Waals surface area (Å²) >= 11 is 5.89. The maximum Gasteiger partial charge on any atom is 0.375 e. The van der Waals surface area contributed by atoms with Crippen molar-refractivity contribution >= 4 is 40.1 Å². The smallest absolute Gasteiger partial charge is 0.375 e. The van der Waals surface area contributed by atoms with Crippen LogP contribution in [0, 0.1) is 11.3 Å². The van der Waals surface area contributed by atoms with E-state index in [0.29, 0.717) is 22.8 Å². The maximum absolute atomic E-state index is 12.5. The van der Waals surface area contributed by atoms with Gasteiger partial charge in [-0.3, -0.25) is 4.79 Å². The normalized spacial score (nSPS) is 10.5. The lowest BCUT2D eigenvalue weighted by Gasteiger charge is -2.08. The van der Waals surface area contributed by atoms with Crippen LogP contribution in [-0.4, -0.2) is 25.1 Å². The molecular formula is C21H17ClN2O5. The highest BCUT2D eigenvalue weighted by Crippen LogP contribution is 2.27. The van der Waals surface area contributed by atoms with Crippen molar-refractivity contribution in [1.82, 2.24) is 0 Å². The monoisotopic (exact) mass is 412 g/mol. The van der Waals surface area contributed by atoms with Gasteiger partial charge in [-0.25, -0.2) is 4.79 Å². The molecule has 0 spiro atoms. The van der Waals surface area contributed by atoms with Crippen molar-refractivity contribution in [1.29, 1.82) is 5.26 Å². The highest BCUT2D eigenvalue weighted by molar-refractivity contribution is 6.31. The number of esters is 1. The number of para-hydroxylation sites is 1. The molecule has 1 amide bonds. The number of carbonyl (C=O) groups excluding carboxylic acids is 2. The van der Waals surface area contributed by atoms with Gasteiger partial charge in [0.2, 0.25) is 5.76 Å². The zero-order valence-electron chi connectivity index (χ0n) is 15.5. The molecule has 8 heteroatoms. The lowest BCUT2D eigenvalue weighted by Crippen LogP contribution is -2.21. The molecule has 0 saturated carbocycles. The fourth-order valence-corrected chi connectivity index (χ4v) is 2.88. The number of nitrogens with one attached hydrogen (secondary N) is 1. The van der Waals surface area contributed by atoms with Gasteiger partial charge in [-0.1, -0.05) is 29.8 Å². The molecule has 1 N–H and O–H groups in total. The van der Waals surface area contributed by atoms with Gasteiger partial charge in [0.05, 0.1) is 17.9 Å². The van der Waals surface area contributed by atoms with Gasteiger partial charge in [-0.2, -0.15) is 5.26 Å². The quantitative estimate of drug-likeness (QED) is 0.581. The van der Waals surface area contributed by atoms with Crippen LogP contribution in [0.3, 0.4) is 0 Å². The van der Waals surface area contributed by atoms with Crippen molar-refractivity contribution < 1.29 is 23.5 Å². The van der Waals surface area contributed by atoms with Gasteiger partial charge in [0.25, 0.3) is 5.91 Å². The number of ether oxygens (including phenoxy) is 2. The Bertz CT molecular complexity index is 1100. The molecule has 0 aliphatic rings. The molecule has 1 heterocycles. The summed E-state index contributed by atoms with van der Waals surface area (Å²) in [5.74, 6) is -1.40. The number of nitriles is 1. The zero-order chi connectivity index (χ0) is 20.8. The van der Waals surface area contributed by atoms with Gasteiger partial charge >= 0.3 is 5.97 Å². The summed E-state index contributed by atoms with van der Waals surface area (Å²) in [5, 5.41) is 12.7. The van der Waals surface area contributed by atoms with Gasteiger partial charge in [0.15, 0.2) is 6.61 Å². The Labute approximate surface area is 171 Å². The van der Waals surface area contributed by atoms with Crippen LogP contribution in [0.1, 0.15) is 28.6 Å². The number of amides is 1. The summed E-state index contributed by atoms with van der Waals surface area (Å²) in [4.78, 5) is 24.7. The number of fused-ring (bicyclic) bond motifs is 1. The highest BCUT2D eigenvalue weighted by Gasteiger charge is 2.22. The van der Waals surface area contributed by atoms with Crippen molar-refractivity contribution in [2.24, 2.45) is 0 Å². The van der Waals surface area contributed by atoms with Crippen LogP contribution in [0.5, 0.6) is 0 Å². The molecule has 2 aromatic carbocycles. The van der Waals surface area contributed by atoms with E-state index < -0.39 is 18.5 Å². The topological polar surface area (TPSA) is 102 Å². The molecule has 0 radical (unpaired) electrons. The molecule has 1 aromatic heterocycles. The number of halogens is 1. The summed E-state index contributed by atoms with van der Waals surface area (Å²) in [5.41, 5.74) is 1.57. The largest absolute Gasteiger partial charge is 0.450 e. The third kappa shape index (κ3) is 4.74. The second kappa shape index (κ2) is 9.24. The minimum Gasteiger partial charge on any atom is -0.450 e. The molecule has 0 bridgehead atoms. The third-order valence-corrected chi connectivity index (χ3v) is 4.28. The molecule has 0 aliphatic heterocycles. The first-order valence-electron chi connectivity index (χ1n) is 8.78. The Morgan fingerprint density at radius 3 is 2.79 bits per heavy atom. The standard InChI is InChI=1S/C21H17ClN2O5/c1-2-27-11-16-15-5-3-4-6-18(15)29-20(16)21(26)28-12-19(25)24-17-9-14(22)8-7-13(17)10-23/h3-9H,2,11-12H2,1H3,(H,24,25). The number of carbonyl (C=O) groups is 2. The summed E-state index contributed by atoms with van der Waals surface area (Å²) in [6.45, 7) is 1.94. The van der Waals surface area contributed by atoms with Crippen molar-refractivity contribution in [2.75, 3.05) is 18.5 Å². The van der Waals surface area contributed by atoms with E-state index in [1.807, 2.05) is 25.1 Å². The predicted octanol–water partition coefficient (Wildman–Crippen LogP) is 4.29. The number of hydrogen-bond acceptors (Lipinski definition) is 6. The van der Waals surface area contributed by atoms with Crippen molar-refractivity contribution in [3.63, 3.8) is 0 Å². The van der Waals surface area contributed by atoms with Crippen LogP contribution in [0.15, 0.2) is 46.9 Å². The van der Waals surface area contributed by atoms with Gasteiger partial charge in [0.1, 0.15) is 11.7 Å². The summed E-state index contributed by atoms with van der Waals surface area (Å²) in [6, 6.07) is 13.6. The van der Waals surface area contributed by atoms with Crippen LogP contribution in [-0.2, 0) is 20.9 Å². The molecule has 3 aromatic rings. The Morgan fingerprint density at radius 1 is 1.24 bits per heavy atom. The lowest BCUT2D eigenvalue weighted by atomic mass is 10.1. The first-order valence-corrected chi connectivity index (χ1v) is 9.16. The number of rotatable bonds is 7. The number of benzene rings is 2. The molecule has 29 heavy (non-hydrogen) atoms. The molecule has 0 atom stereocenters. The van der Waals surface area contributed by atoms with Crippen molar-refractivity contribution in [2.45, 2.75) is 13.5 Å². The maximum atomic E-state index is 12.5. The molecule has 3 rings (SSSR count). The van der Waals surface area contributed by atoms with Gasteiger partial charge in [-0.15, -0.1) is 0 Å². The fraction of sp³-hybridized carbons (Fsp3) is 0.190. The van der Waals surface area contributed by atoms with E-state index in [1.165, 1.54) is 18.2 Å². The van der Waals surface area contributed by atoms with Crippen LogP contribution in [0.4, 0.5) is 5.69 Å². The average molecular weight is 413 g/mol. The Balaban J connectivity index is 1.72. The van der Waals surface area contributed by atoms with Crippen LogP contribution in [0.25, 0.3) is 11.0 Å². The van der Waals surface area contributed by atoms with E-state index in [1.54, 1.807) is 12.1 Å². The molecule has 0 saturated heterocycles. The predicted molar refractivity (Wildman–Crippen MR) is 107 cm³/mol. The molecule has 0 aliphatic carbocycles. The Hall–Kier alpha value is -3.34. The first kappa shape index (κ1) is 20.4. The van der Waals surface area contributed by atoms with Gasteiger partial charge in [0, 0.05) is 22.6 Å². The van der Waals surface area contributed by atoms with E-state index in [4.69, 9.17) is 30.8 Å². The molecule has 148 valence electrons. The molecule has 0 fully saturated rings. The number of anilines is 1. The van der Waals surface area contributed by atoms with Crippen LogP contribution < -0.4 is 5.32 Å². The number of nitrogens with zero attached hydrogens (tertiary/aromatic N) is 1. The summed E-state index contributed by atoms with van der Waals surface area (Å²) in [6.07, 6.45) is 0. The van der Waals surface area contributed by atoms with Crippen molar-refractivity contribution in [3.05, 3.63) is 64.4 Å². The minimum atomic E-state index is -0.780. The van der Waals surface area contributed by atoms with Crippen molar-refractivity contribution in [3.8, 4) is 6.07 Å². The number of hydrogen-bond donors (Lipinski definition) is 1. The SMILES string of the molecule is CCOCc1c(C(=O)OCC(=O)Nc2cc(Cl)ccc2C#N)oc2ccccc12.